The first-order chi connectivity index (χ1) is 11.5. The first-order valence-corrected chi connectivity index (χ1v) is 12.7. The Kier molecular flexibility index (Phi) is 9.64. The van der Waals surface area contributed by atoms with Crippen LogP contribution in [0.5, 0.6) is 0 Å². The van der Waals surface area contributed by atoms with Crippen LogP contribution >= 0.6 is 0 Å². The molecule has 0 aromatic carbocycles. The van der Waals surface area contributed by atoms with Crippen molar-refractivity contribution < 1.29 is 36.9 Å². The van der Waals surface area contributed by atoms with Gasteiger partial charge < -0.3 is 17.7 Å². The van der Waals surface area contributed by atoms with Crippen LogP contribution in [0.15, 0.2) is 0 Å². The fraction of sp³-hybridized carbons (Fsp3) is 0.733. The van der Waals surface area contributed by atoms with Crippen molar-refractivity contribution in [3.05, 3.63) is 0 Å². The summed E-state index contributed by atoms with van der Waals surface area (Å²) in [5, 5.41) is 0. The van der Waals surface area contributed by atoms with Crippen LogP contribution < -0.4 is 0 Å². The largest absolute Gasteiger partial charge is 0.485 e. The second-order valence-electron chi connectivity index (χ2n) is 5.87. The summed E-state index contributed by atoms with van der Waals surface area (Å²) in [6.07, 6.45) is 1.17. The maximum Gasteiger partial charge on any atom is 0.468 e. The maximum atomic E-state index is 11.6. The lowest BCUT2D eigenvalue weighted by atomic mass is 10.6. The average molecular weight is 393 g/mol. The normalized spacial score (nSPS) is 11.4. The van der Waals surface area contributed by atoms with E-state index in [1.54, 1.807) is 0 Å². The monoisotopic (exact) mass is 392 g/mol. The summed E-state index contributed by atoms with van der Waals surface area (Å²) in [6.45, 7) is 8.61. The number of carbonyl (C=O) groups is 4. The summed E-state index contributed by atoms with van der Waals surface area (Å²) in [5.41, 5.74) is -0.0278. The van der Waals surface area contributed by atoms with Crippen LogP contribution in [0, 0.1) is 0 Å². The van der Waals surface area contributed by atoms with E-state index in [1.807, 2.05) is 13.8 Å². The van der Waals surface area contributed by atoms with Gasteiger partial charge in [0.2, 0.25) is 0 Å². The highest BCUT2D eigenvalue weighted by Crippen LogP contribution is 2.32. The number of hydrogen-bond donors (Lipinski definition) is 0. The molecule has 8 nitrogen and oxygen atoms in total. The smallest absolute Gasteiger partial charge is 0.468 e. The Hall–Kier alpha value is -1.69. The van der Waals surface area contributed by atoms with E-state index in [0.29, 0.717) is 24.9 Å². The zero-order chi connectivity index (χ0) is 19.7. The highest BCUT2D eigenvalue weighted by atomic mass is 28.4. The van der Waals surface area contributed by atoms with Gasteiger partial charge in [-0.1, -0.05) is 26.7 Å². The van der Waals surface area contributed by atoms with Crippen molar-refractivity contribution in [1.29, 1.82) is 0 Å². The zero-order valence-electron chi connectivity index (χ0n) is 15.8. The van der Waals surface area contributed by atoms with Crippen LogP contribution in [0.3, 0.4) is 0 Å². The van der Waals surface area contributed by atoms with Crippen LogP contribution in [-0.4, -0.2) is 41.0 Å². The molecule has 0 saturated carbocycles. The topological polar surface area (TPSA) is 105 Å². The van der Waals surface area contributed by atoms with Crippen LogP contribution in [0.2, 0.25) is 17.8 Å². The quantitative estimate of drug-likeness (QED) is 0.522. The molecule has 0 bridgehead atoms. The van der Waals surface area contributed by atoms with Gasteiger partial charge in [-0.2, -0.15) is 0 Å². The van der Waals surface area contributed by atoms with E-state index in [9.17, 15) is 19.2 Å². The lowest BCUT2D eigenvalue weighted by Gasteiger charge is -2.35. The van der Waals surface area contributed by atoms with Crippen molar-refractivity contribution in [2.45, 2.75) is 72.1 Å². The Morgan fingerprint density at radius 1 is 0.600 bits per heavy atom. The molecule has 0 amide bonds. The molecule has 0 unspecified atom stereocenters. The third-order valence-electron chi connectivity index (χ3n) is 3.12. The van der Waals surface area contributed by atoms with Crippen molar-refractivity contribution in [3.8, 4) is 0 Å². The lowest BCUT2D eigenvalue weighted by Crippen LogP contribution is -2.57. The SMILES string of the molecule is CCC[Si](C[Si](CCC)(OC(C)=O)OC(C)=O)(OC(C)=O)OC(C)=O. The molecule has 0 aliphatic carbocycles. The number of hydrogen-bond acceptors (Lipinski definition) is 8. The molecule has 0 aromatic rings. The summed E-state index contributed by atoms with van der Waals surface area (Å²) in [4.78, 5) is 46.5. The second-order valence-corrected chi connectivity index (χ2v) is 12.7. The first kappa shape index (κ1) is 23.3. The van der Waals surface area contributed by atoms with Crippen LogP contribution in [0.4, 0.5) is 0 Å². The van der Waals surface area contributed by atoms with Crippen LogP contribution in [0.1, 0.15) is 54.4 Å². The molecule has 0 aromatic heterocycles. The molecule has 0 heterocycles. The Morgan fingerprint density at radius 3 is 1.00 bits per heavy atom. The van der Waals surface area contributed by atoms with Crippen molar-refractivity contribution in [3.63, 3.8) is 0 Å². The molecular formula is C15H28O8Si2. The molecule has 0 rings (SSSR count). The highest BCUT2D eigenvalue weighted by Gasteiger charge is 2.57. The first-order valence-electron chi connectivity index (χ1n) is 8.28. The standard InChI is InChI=1S/C15H28O8Si2/c1-7-9-24(20-12(3)16,21-13(4)17)11-25(10-8-2,22-14(5)18)23-15(6)19/h7-11H2,1-6H3. The molecule has 0 saturated heterocycles. The predicted molar refractivity (Wildman–Crippen MR) is 93.6 cm³/mol. The van der Waals surface area contributed by atoms with Crippen molar-refractivity contribution in [2.24, 2.45) is 0 Å². The van der Waals surface area contributed by atoms with Gasteiger partial charge in [0.15, 0.2) is 0 Å². The highest BCUT2D eigenvalue weighted by molar-refractivity contribution is 6.88. The molecule has 0 fully saturated rings. The van der Waals surface area contributed by atoms with Crippen molar-refractivity contribution >= 4 is 41.0 Å². The van der Waals surface area contributed by atoms with E-state index in [1.165, 1.54) is 27.7 Å². The minimum atomic E-state index is -3.42. The van der Waals surface area contributed by atoms with E-state index in [-0.39, 0.29) is 5.67 Å². The van der Waals surface area contributed by atoms with Crippen molar-refractivity contribution in [1.82, 2.24) is 0 Å². The van der Waals surface area contributed by atoms with Gasteiger partial charge in [0.1, 0.15) is 0 Å². The Balaban J connectivity index is 6.03. The minimum absolute atomic E-state index is 0.0278. The third-order valence-corrected chi connectivity index (χ3v) is 12.6. The Labute approximate surface area is 150 Å². The Bertz CT molecular complexity index is 430. The zero-order valence-corrected chi connectivity index (χ0v) is 17.8. The molecule has 0 spiro atoms. The van der Waals surface area contributed by atoms with Gasteiger partial charge in [0, 0.05) is 39.8 Å². The van der Waals surface area contributed by atoms with Gasteiger partial charge in [-0.25, -0.2) is 0 Å². The third kappa shape index (κ3) is 8.82. The van der Waals surface area contributed by atoms with Crippen LogP contribution in [-0.2, 0) is 36.9 Å². The van der Waals surface area contributed by atoms with Gasteiger partial charge >= 0.3 is 17.1 Å². The maximum absolute atomic E-state index is 11.6. The molecule has 0 radical (unpaired) electrons. The fourth-order valence-corrected chi connectivity index (χ4v) is 12.7. The molecule has 0 atom stereocenters. The van der Waals surface area contributed by atoms with Gasteiger partial charge in [-0.15, -0.1) is 0 Å². The molecule has 0 aliphatic heterocycles. The fourth-order valence-electron chi connectivity index (χ4n) is 2.79. The minimum Gasteiger partial charge on any atom is -0.485 e. The summed E-state index contributed by atoms with van der Waals surface area (Å²) < 4.78 is 21.9. The Morgan fingerprint density at radius 2 is 0.840 bits per heavy atom. The molecule has 10 heteroatoms. The van der Waals surface area contributed by atoms with Gasteiger partial charge in [-0.05, 0) is 0 Å². The lowest BCUT2D eigenvalue weighted by molar-refractivity contribution is -0.139. The summed E-state index contributed by atoms with van der Waals surface area (Å²) in [5.74, 6) is -2.37. The summed E-state index contributed by atoms with van der Waals surface area (Å²) in [6, 6.07) is 0.653. The van der Waals surface area contributed by atoms with E-state index < -0.39 is 41.0 Å². The molecule has 144 valence electrons. The van der Waals surface area contributed by atoms with Gasteiger partial charge in [0.25, 0.3) is 23.9 Å². The molecule has 0 aliphatic rings. The van der Waals surface area contributed by atoms with Crippen molar-refractivity contribution in [2.75, 3.05) is 0 Å². The van der Waals surface area contributed by atoms with Gasteiger partial charge in [0.05, 0.1) is 5.67 Å². The second kappa shape index (κ2) is 10.3. The van der Waals surface area contributed by atoms with E-state index >= 15 is 0 Å². The number of rotatable bonds is 10. The average Bonchev–Trinajstić information content (AvgIpc) is 2.34. The van der Waals surface area contributed by atoms with E-state index in [4.69, 9.17) is 17.7 Å². The van der Waals surface area contributed by atoms with E-state index in [0.717, 1.165) is 0 Å². The molecule has 0 N–H and O–H groups in total. The van der Waals surface area contributed by atoms with E-state index in [2.05, 4.69) is 0 Å². The van der Waals surface area contributed by atoms with Gasteiger partial charge in [-0.3, -0.25) is 19.2 Å². The molecule has 25 heavy (non-hydrogen) atoms. The predicted octanol–water partition coefficient (Wildman–Crippen LogP) is 2.48. The summed E-state index contributed by atoms with van der Waals surface area (Å²) >= 11 is 0. The summed E-state index contributed by atoms with van der Waals surface area (Å²) in [7, 11) is -6.84. The number of carbonyl (C=O) groups excluding carboxylic acids is 4. The molecular weight excluding hydrogens is 364 g/mol. The van der Waals surface area contributed by atoms with Crippen LogP contribution in [0.25, 0.3) is 0 Å².